The SMILES string of the molecule is CC=CC(=O)NC(O)C(=O)OCCCC. The van der Waals surface area contributed by atoms with Crippen molar-refractivity contribution in [3.05, 3.63) is 12.2 Å². The number of aliphatic hydroxyl groups is 1. The van der Waals surface area contributed by atoms with Gasteiger partial charge in [0.2, 0.25) is 12.1 Å². The monoisotopic (exact) mass is 215 g/mol. The van der Waals surface area contributed by atoms with Crippen molar-refractivity contribution < 1.29 is 19.4 Å². The molecule has 0 aliphatic heterocycles. The third-order valence-corrected chi connectivity index (χ3v) is 1.56. The van der Waals surface area contributed by atoms with E-state index < -0.39 is 18.1 Å². The van der Waals surface area contributed by atoms with Crippen molar-refractivity contribution in [2.45, 2.75) is 32.9 Å². The van der Waals surface area contributed by atoms with E-state index in [1.807, 2.05) is 6.92 Å². The second-order valence-electron chi connectivity index (χ2n) is 2.93. The molecule has 0 aromatic heterocycles. The number of aliphatic hydroxyl groups excluding tert-OH is 1. The minimum absolute atomic E-state index is 0.256. The van der Waals surface area contributed by atoms with Gasteiger partial charge in [-0.15, -0.1) is 0 Å². The lowest BCUT2D eigenvalue weighted by molar-refractivity contribution is -0.157. The average Bonchev–Trinajstić information content (AvgIpc) is 2.18. The van der Waals surface area contributed by atoms with Crippen LogP contribution in [0.5, 0.6) is 0 Å². The molecule has 0 bridgehead atoms. The quantitative estimate of drug-likeness (QED) is 0.290. The number of ether oxygens (including phenoxy) is 1. The fraction of sp³-hybridized carbons (Fsp3) is 0.600. The van der Waals surface area contributed by atoms with Crippen LogP contribution in [0, 0.1) is 0 Å². The van der Waals surface area contributed by atoms with E-state index >= 15 is 0 Å². The first-order chi connectivity index (χ1) is 7.11. The molecule has 2 N–H and O–H groups in total. The highest BCUT2D eigenvalue weighted by Crippen LogP contribution is 1.91. The standard InChI is InChI=1S/C10H17NO4/c1-3-5-7-15-10(14)9(13)11-8(12)6-4-2/h4,6,9,13H,3,5,7H2,1-2H3,(H,11,12). The predicted molar refractivity (Wildman–Crippen MR) is 54.8 cm³/mol. The van der Waals surface area contributed by atoms with Gasteiger partial charge in [-0.1, -0.05) is 19.4 Å². The average molecular weight is 215 g/mol. The van der Waals surface area contributed by atoms with Crippen molar-refractivity contribution in [2.24, 2.45) is 0 Å². The van der Waals surface area contributed by atoms with Gasteiger partial charge >= 0.3 is 5.97 Å². The van der Waals surface area contributed by atoms with Crippen LogP contribution in [0.4, 0.5) is 0 Å². The van der Waals surface area contributed by atoms with Crippen LogP contribution in [0.1, 0.15) is 26.7 Å². The van der Waals surface area contributed by atoms with Crippen LogP contribution in [0.2, 0.25) is 0 Å². The van der Waals surface area contributed by atoms with Gasteiger partial charge in [-0.3, -0.25) is 4.79 Å². The number of hydrogen-bond acceptors (Lipinski definition) is 4. The number of carbonyl (C=O) groups excluding carboxylic acids is 2. The number of esters is 1. The third-order valence-electron chi connectivity index (χ3n) is 1.56. The van der Waals surface area contributed by atoms with Crippen LogP contribution in [0.25, 0.3) is 0 Å². The molecule has 15 heavy (non-hydrogen) atoms. The number of unbranched alkanes of at least 4 members (excludes halogenated alkanes) is 1. The summed E-state index contributed by atoms with van der Waals surface area (Å²) in [5, 5.41) is 11.2. The molecule has 0 aromatic carbocycles. The zero-order chi connectivity index (χ0) is 11.7. The maximum atomic E-state index is 11.0. The Labute approximate surface area is 89.1 Å². The molecule has 1 atom stereocenters. The molecule has 0 spiro atoms. The zero-order valence-electron chi connectivity index (χ0n) is 9.03. The molecule has 5 nitrogen and oxygen atoms in total. The summed E-state index contributed by atoms with van der Waals surface area (Å²) in [6.07, 6.45) is 2.76. The second-order valence-corrected chi connectivity index (χ2v) is 2.93. The van der Waals surface area contributed by atoms with Crippen LogP contribution in [-0.4, -0.2) is 29.8 Å². The van der Waals surface area contributed by atoms with Crippen LogP contribution in [0.3, 0.4) is 0 Å². The Kier molecular flexibility index (Phi) is 7.27. The molecule has 1 unspecified atom stereocenters. The normalized spacial score (nSPS) is 12.5. The summed E-state index contributed by atoms with van der Waals surface area (Å²) in [7, 11) is 0. The predicted octanol–water partition coefficient (Wildman–Crippen LogP) is 0.340. The van der Waals surface area contributed by atoms with Crippen LogP contribution < -0.4 is 5.32 Å². The second kappa shape index (κ2) is 7.99. The van der Waals surface area contributed by atoms with E-state index in [1.54, 1.807) is 6.92 Å². The Morgan fingerprint density at radius 3 is 2.73 bits per heavy atom. The summed E-state index contributed by atoms with van der Waals surface area (Å²) >= 11 is 0. The molecule has 5 heteroatoms. The van der Waals surface area contributed by atoms with E-state index in [2.05, 4.69) is 5.32 Å². The molecule has 1 amide bonds. The van der Waals surface area contributed by atoms with Gasteiger partial charge in [0.25, 0.3) is 0 Å². The van der Waals surface area contributed by atoms with Gasteiger partial charge in [0.15, 0.2) is 0 Å². The third kappa shape index (κ3) is 6.68. The van der Waals surface area contributed by atoms with Crippen molar-refractivity contribution >= 4 is 11.9 Å². The van der Waals surface area contributed by atoms with E-state index in [-0.39, 0.29) is 6.61 Å². The number of carbonyl (C=O) groups is 2. The molecule has 0 aliphatic rings. The zero-order valence-corrected chi connectivity index (χ0v) is 9.03. The molecule has 0 fully saturated rings. The summed E-state index contributed by atoms with van der Waals surface area (Å²) in [6.45, 7) is 3.87. The Morgan fingerprint density at radius 1 is 1.53 bits per heavy atom. The minimum atomic E-state index is -1.59. The smallest absolute Gasteiger partial charge is 0.356 e. The molecule has 0 radical (unpaired) electrons. The van der Waals surface area contributed by atoms with Gasteiger partial charge in [-0.2, -0.15) is 0 Å². The Bertz CT molecular complexity index is 238. The first-order valence-corrected chi connectivity index (χ1v) is 4.89. The van der Waals surface area contributed by atoms with Gasteiger partial charge in [0.1, 0.15) is 0 Å². The van der Waals surface area contributed by atoms with Gasteiger partial charge in [-0.05, 0) is 19.4 Å². The van der Waals surface area contributed by atoms with Crippen molar-refractivity contribution in [3.63, 3.8) is 0 Å². The van der Waals surface area contributed by atoms with Crippen molar-refractivity contribution in [1.82, 2.24) is 5.32 Å². The minimum Gasteiger partial charge on any atom is -0.462 e. The summed E-state index contributed by atoms with van der Waals surface area (Å²) in [5.74, 6) is -1.36. The highest BCUT2D eigenvalue weighted by Gasteiger charge is 2.17. The number of allylic oxidation sites excluding steroid dienone is 1. The highest BCUT2D eigenvalue weighted by atomic mass is 16.5. The summed E-state index contributed by atoms with van der Waals surface area (Å²) in [5.41, 5.74) is 0. The largest absolute Gasteiger partial charge is 0.462 e. The van der Waals surface area contributed by atoms with E-state index in [0.29, 0.717) is 0 Å². The fourth-order valence-electron chi connectivity index (χ4n) is 0.789. The lowest BCUT2D eigenvalue weighted by Crippen LogP contribution is -2.41. The molecular formula is C10H17NO4. The maximum absolute atomic E-state index is 11.0. The molecular weight excluding hydrogens is 198 g/mol. The Hall–Kier alpha value is -1.36. The highest BCUT2D eigenvalue weighted by molar-refractivity contribution is 5.90. The van der Waals surface area contributed by atoms with Gasteiger partial charge in [0.05, 0.1) is 6.61 Å². The molecule has 86 valence electrons. The molecule has 0 saturated carbocycles. The van der Waals surface area contributed by atoms with Gasteiger partial charge in [0, 0.05) is 0 Å². The lowest BCUT2D eigenvalue weighted by atomic mass is 10.4. The Morgan fingerprint density at radius 2 is 2.20 bits per heavy atom. The molecule has 0 aromatic rings. The summed E-state index contributed by atoms with van der Waals surface area (Å²) < 4.78 is 4.70. The van der Waals surface area contributed by atoms with E-state index in [9.17, 15) is 14.7 Å². The van der Waals surface area contributed by atoms with Crippen molar-refractivity contribution in [3.8, 4) is 0 Å². The fourth-order valence-corrected chi connectivity index (χ4v) is 0.789. The molecule has 0 heterocycles. The molecule has 0 rings (SSSR count). The van der Waals surface area contributed by atoms with Gasteiger partial charge < -0.3 is 15.2 Å². The Balaban J connectivity index is 3.83. The maximum Gasteiger partial charge on any atom is 0.356 e. The van der Waals surface area contributed by atoms with Crippen molar-refractivity contribution in [2.75, 3.05) is 6.61 Å². The van der Waals surface area contributed by atoms with Crippen LogP contribution in [0.15, 0.2) is 12.2 Å². The molecule has 0 saturated heterocycles. The topological polar surface area (TPSA) is 75.6 Å². The number of amides is 1. The molecule has 0 aliphatic carbocycles. The summed E-state index contributed by atoms with van der Waals surface area (Å²) in [4.78, 5) is 22.0. The number of hydrogen-bond donors (Lipinski definition) is 2. The first-order valence-electron chi connectivity index (χ1n) is 4.89. The first kappa shape index (κ1) is 13.6. The van der Waals surface area contributed by atoms with E-state index in [0.717, 1.165) is 12.8 Å². The summed E-state index contributed by atoms with van der Waals surface area (Å²) in [6, 6.07) is 0. The lowest BCUT2D eigenvalue weighted by Gasteiger charge is -2.10. The van der Waals surface area contributed by atoms with E-state index in [1.165, 1.54) is 12.2 Å². The number of rotatable bonds is 6. The van der Waals surface area contributed by atoms with Crippen molar-refractivity contribution in [1.29, 1.82) is 0 Å². The van der Waals surface area contributed by atoms with Crippen LogP contribution in [-0.2, 0) is 14.3 Å². The van der Waals surface area contributed by atoms with E-state index in [4.69, 9.17) is 4.74 Å². The van der Waals surface area contributed by atoms with Crippen LogP contribution >= 0.6 is 0 Å². The number of nitrogens with one attached hydrogen (secondary N) is 1. The van der Waals surface area contributed by atoms with Gasteiger partial charge in [-0.25, -0.2) is 4.79 Å².